The van der Waals surface area contributed by atoms with Crippen LogP contribution in [-0.2, 0) is 15.0 Å². The molecule has 0 aliphatic heterocycles. The summed E-state index contributed by atoms with van der Waals surface area (Å²) in [5, 5.41) is 34.8. The zero-order valence-electron chi connectivity index (χ0n) is 18.5. The number of hydrogen-bond donors (Lipinski definition) is 4. The Hall–Kier alpha value is -3.74. The van der Waals surface area contributed by atoms with Crippen molar-refractivity contribution >= 4 is 11.9 Å². The van der Waals surface area contributed by atoms with Crippen LogP contribution in [0.1, 0.15) is 38.8 Å². The summed E-state index contributed by atoms with van der Waals surface area (Å²) in [4.78, 5) is 19.2. The number of benzene rings is 2. The number of methoxy groups -OCH3 is 1. The SMILES string of the molecule is C=C(C)C(=O)O.C=C(C)C(=O)O.COc1cc(C(C)(C)c2ccc(O)cc2)ccc1O. The summed E-state index contributed by atoms with van der Waals surface area (Å²) >= 11 is 0. The first-order valence-electron chi connectivity index (χ1n) is 9.18. The highest BCUT2D eigenvalue weighted by atomic mass is 16.5. The average molecular weight is 430 g/mol. The summed E-state index contributed by atoms with van der Waals surface area (Å²) in [6.07, 6.45) is 0. The lowest BCUT2D eigenvalue weighted by molar-refractivity contribution is -0.133. The van der Waals surface area contributed by atoms with E-state index < -0.39 is 11.9 Å². The highest BCUT2D eigenvalue weighted by Crippen LogP contribution is 2.36. The topological polar surface area (TPSA) is 124 Å². The molecule has 0 aliphatic rings. The maximum absolute atomic E-state index is 9.65. The standard InChI is InChI=1S/C16H18O3.2C4H6O2/c1-16(2,11-4-7-13(17)8-5-11)12-6-9-14(18)15(10-12)19-3;2*1-3(2)4(5)6/h4-10,17-18H,1-3H3;2*1H2,2H3,(H,5,6). The van der Waals surface area contributed by atoms with Crippen molar-refractivity contribution in [1.29, 1.82) is 0 Å². The minimum Gasteiger partial charge on any atom is -0.508 e. The molecule has 7 nitrogen and oxygen atoms in total. The second-order valence-electron chi connectivity index (χ2n) is 7.23. The molecule has 0 bridgehead atoms. The minimum absolute atomic E-state index is 0.132. The van der Waals surface area contributed by atoms with Crippen LogP contribution in [0.5, 0.6) is 17.2 Å². The maximum atomic E-state index is 9.65. The van der Waals surface area contributed by atoms with Gasteiger partial charge < -0.3 is 25.2 Å². The van der Waals surface area contributed by atoms with E-state index in [4.69, 9.17) is 14.9 Å². The molecule has 2 rings (SSSR count). The highest BCUT2D eigenvalue weighted by Gasteiger charge is 2.24. The monoisotopic (exact) mass is 430 g/mol. The van der Waals surface area contributed by atoms with Crippen molar-refractivity contribution in [2.45, 2.75) is 33.1 Å². The van der Waals surface area contributed by atoms with Crippen LogP contribution >= 0.6 is 0 Å². The Labute approximate surface area is 182 Å². The van der Waals surface area contributed by atoms with Gasteiger partial charge in [0.2, 0.25) is 0 Å². The summed E-state index contributed by atoms with van der Waals surface area (Å²) < 4.78 is 5.15. The van der Waals surface area contributed by atoms with Crippen molar-refractivity contribution in [1.82, 2.24) is 0 Å². The molecule has 0 saturated heterocycles. The van der Waals surface area contributed by atoms with Crippen LogP contribution in [0.2, 0.25) is 0 Å². The lowest BCUT2D eigenvalue weighted by Gasteiger charge is -2.26. The van der Waals surface area contributed by atoms with Crippen molar-refractivity contribution in [2.75, 3.05) is 7.11 Å². The van der Waals surface area contributed by atoms with Crippen LogP contribution in [0.3, 0.4) is 0 Å². The van der Waals surface area contributed by atoms with Gasteiger partial charge in [-0.2, -0.15) is 0 Å². The zero-order valence-corrected chi connectivity index (χ0v) is 18.5. The fourth-order valence-corrected chi connectivity index (χ4v) is 2.11. The van der Waals surface area contributed by atoms with Gasteiger partial charge in [0.25, 0.3) is 0 Å². The molecule has 0 saturated carbocycles. The third kappa shape index (κ3) is 9.08. The van der Waals surface area contributed by atoms with Crippen LogP contribution in [0.15, 0.2) is 66.8 Å². The van der Waals surface area contributed by atoms with Gasteiger partial charge in [-0.05, 0) is 49.2 Å². The molecule has 31 heavy (non-hydrogen) atoms. The van der Waals surface area contributed by atoms with Crippen LogP contribution in [-0.4, -0.2) is 39.5 Å². The van der Waals surface area contributed by atoms with Crippen molar-refractivity contribution in [3.63, 3.8) is 0 Å². The normalized spacial score (nSPS) is 9.84. The second kappa shape index (κ2) is 12.1. The summed E-state index contributed by atoms with van der Waals surface area (Å²) in [5.74, 6) is -1.02. The Morgan fingerprint density at radius 1 is 0.839 bits per heavy atom. The summed E-state index contributed by atoms with van der Waals surface area (Å²) in [5.41, 5.74) is 2.23. The summed E-state index contributed by atoms with van der Waals surface area (Å²) in [7, 11) is 1.53. The molecule has 2 aromatic carbocycles. The number of carboxylic acid groups (broad SMARTS) is 2. The van der Waals surface area contributed by atoms with Crippen molar-refractivity contribution in [3.8, 4) is 17.2 Å². The maximum Gasteiger partial charge on any atom is 0.330 e. The number of phenolic OH excluding ortho intramolecular Hbond substituents is 2. The van der Waals surface area contributed by atoms with Gasteiger partial charge in [-0.3, -0.25) is 0 Å². The number of carbonyl (C=O) groups is 2. The van der Waals surface area contributed by atoms with Gasteiger partial charge in [-0.15, -0.1) is 0 Å². The molecule has 4 N–H and O–H groups in total. The predicted molar refractivity (Wildman–Crippen MR) is 120 cm³/mol. The largest absolute Gasteiger partial charge is 0.508 e. The first-order chi connectivity index (χ1) is 14.2. The molecule has 0 atom stereocenters. The molecule has 2 aromatic rings. The third-order valence-corrected chi connectivity index (χ3v) is 4.22. The molecular weight excluding hydrogens is 400 g/mol. The van der Waals surface area contributed by atoms with E-state index in [2.05, 4.69) is 27.0 Å². The molecule has 0 amide bonds. The van der Waals surface area contributed by atoms with E-state index in [1.165, 1.54) is 21.0 Å². The van der Waals surface area contributed by atoms with E-state index in [9.17, 15) is 19.8 Å². The number of carboxylic acids is 2. The molecule has 0 spiro atoms. The average Bonchev–Trinajstić information content (AvgIpc) is 2.69. The van der Waals surface area contributed by atoms with E-state index in [0.29, 0.717) is 5.75 Å². The quantitative estimate of drug-likeness (QED) is 0.506. The zero-order chi connectivity index (χ0) is 24.4. The number of aliphatic carboxylic acids is 2. The fourth-order valence-electron chi connectivity index (χ4n) is 2.11. The molecule has 0 radical (unpaired) electrons. The Morgan fingerprint density at radius 3 is 1.58 bits per heavy atom. The minimum atomic E-state index is -0.935. The number of phenols is 2. The number of rotatable bonds is 5. The van der Waals surface area contributed by atoms with E-state index >= 15 is 0 Å². The Morgan fingerprint density at radius 2 is 1.23 bits per heavy atom. The van der Waals surface area contributed by atoms with Gasteiger partial charge in [0, 0.05) is 16.6 Å². The van der Waals surface area contributed by atoms with Crippen molar-refractivity contribution in [3.05, 3.63) is 77.9 Å². The van der Waals surface area contributed by atoms with Gasteiger partial charge >= 0.3 is 11.9 Å². The molecule has 0 aromatic heterocycles. The lowest BCUT2D eigenvalue weighted by Crippen LogP contribution is -2.18. The van der Waals surface area contributed by atoms with E-state index in [0.717, 1.165) is 11.1 Å². The van der Waals surface area contributed by atoms with E-state index in [-0.39, 0.29) is 28.1 Å². The first kappa shape index (κ1) is 27.3. The highest BCUT2D eigenvalue weighted by molar-refractivity contribution is 5.85. The molecule has 168 valence electrons. The first-order valence-corrected chi connectivity index (χ1v) is 9.18. The van der Waals surface area contributed by atoms with Crippen molar-refractivity contribution < 1.29 is 34.8 Å². The van der Waals surface area contributed by atoms with E-state index in [1.54, 1.807) is 18.2 Å². The van der Waals surface area contributed by atoms with Gasteiger partial charge in [-0.1, -0.05) is 45.2 Å². The van der Waals surface area contributed by atoms with Gasteiger partial charge in [-0.25, -0.2) is 9.59 Å². The molecule has 7 heteroatoms. The predicted octanol–water partition coefficient (Wildman–Crippen LogP) is 4.73. The van der Waals surface area contributed by atoms with Gasteiger partial charge in [0.15, 0.2) is 11.5 Å². The van der Waals surface area contributed by atoms with Gasteiger partial charge in [0.05, 0.1) is 7.11 Å². The Kier molecular flexibility index (Phi) is 10.6. The van der Waals surface area contributed by atoms with Crippen molar-refractivity contribution in [2.24, 2.45) is 0 Å². The summed E-state index contributed by atoms with van der Waals surface area (Å²) in [6.45, 7) is 13.4. The molecular formula is C24H30O7. The smallest absolute Gasteiger partial charge is 0.330 e. The Bertz CT molecular complexity index is 877. The second-order valence-corrected chi connectivity index (χ2v) is 7.23. The van der Waals surface area contributed by atoms with Crippen LogP contribution in [0, 0.1) is 0 Å². The van der Waals surface area contributed by atoms with Crippen LogP contribution in [0.25, 0.3) is 0 Å². The van der Waals surface area contributed by atoms with Crippen LogP contribution < -0.4 is 4.74 Å². The summed E-state index contributed by atoms with van der Waals surface area (Å²) in [6, 6.07) is 12.5. The Balaban J connectivity index is 0.000000620. The number of hydrogen-bond acceptors (Lipinski definition) is 5. The van der Waals surface area contributed by atoms with Crippen LogP contribution in [0.4, 0.5) is 0 Å². The number of aromatic hydroxyl groups is 2. The molecule has 0 unspecified atom stereocenters. The van der Waals surface area contributed by atoms with Gasteiger partial charge in [0.1, 0.15) is 5.75 Å². The molecule has 0 fully saturated rings. The molecule has 0 heterocycles. The number of ether oxygens (including phenoxy) is 1. The molecule has 0 aliphatic carbocycles. The lowest BCUT2D eigenvalue weighted by atomic mass is 9.78. The van der Waals surface area contributed by atoms with E-state index in [1.807, 2.05) is 24.3 Å². The third-order valence-electron chi connectivity index (χ3n) is 4.22. The fraction of sp³-hybridized carbons (Fsp3) is 0.250.